The van der Waals surface area contributed by atoms with Gasteiger partial charge in [-0.05, 0) is 36.4 Å². The Bertz CT molecular complexity index is 815. The molecule has 1 fully saturated rings. The Labute approximate surface area is 142 Å². The van der Waals surface area contributed by atoms with Gasteiger partial charge in [0.05, 0.1) is 38.7 Å². The second-order valence-corrected chi connectivity index (χ2v) is 6.49. The molecule has 2 aromatic carbocycles. The monoisotopic (exact) mass is 319 g/mol. The van der Waals surface area contributed by atoms with Crippen LogP contribution in [-0.4, -0.2) is 38.2 Å². The molecule has 0 bridgehead atoms. The number of aromatic nitrogens is 1. The third-order valence-electron chi connectivity index (χ3n) is 4.78. The number of pyridine rings is 1. The fourth-order valence-electron chi connectivity index (χ4n) is 3.26. The summed E-state index contributed by atoms with van der Waals surface area (Å²) in [4.78, 5) is 8.51. The highest BCUT2D eigenvalue weighted by atomic mass is 15.2. The molecule has 0 atom stereocenters. The molecule has 4 nitrogen and oxygen atoms in total. The second-order valence-electron chi connectivity index (χ2n) is 6.49. The number of likely N-dealkylation sites (N-methyl/N-ethyl adjacent to an activating group) is 1. The summed E-state index contributed by atoms with van der Waals surface area (Å²) in [6, 6.07) is 19.0. The van der Waals surface area contributed by atoms with Crippen LogP contribution in [0.5, 0.6) is 0 Å². The van der Waals surface area contributed by atoms with Crippen molar-refractivity contribution >= 4 is 28.0 Å². The summed E-state index contributed by atoms with van der Waals surface area (Å²) in [6.07, 6.45) is 1.85. The number of rotatable bonds is 3. The van der Waals surface area contributed by atoms with Gasteiger partial charge in [-0.2, -0.15) is 0 Å². The largest absolute Gasteiger partial charge is 0.360 e. The van der Waals surface area contributed by atoms with Gasteiger partial charge in [0.25, 0.3) is 0 Å². The summed E-state index contributed by atoms with van der Waals surface area (Å²) in [5.41, 5.74) is 4.53. The molecule has 122 valence electrons. The Balaban J connectivity index is 1.53. The molecule has 3 aromatic rings. The van der Waals surface area contributed by atoms with Crippen molar-refractivity contribution in [3.8, 4) is 0 Å². The molecule has 1 aliphatic heterocycles. The number of nitrogens with zero attached hydrogens (tertiary/aromatic N) is 2. The third-order valence-corrected chi connectivity index (χ3v) is 4.78. The summed E-state index contributed by atoms with van der Waals surface area (Å²) < 4.78 is 0. The topological polar surface area (TPSA) is 32.6 Å². The van der Waals surface area contributed by atoms with E-state index in [1.54, 1.807) is 4.90 Å². The molecule has 1 aliphatic rings. The average molecular weight is 319 g/mol. The fourth-order valence-corrected chi connectivity index (χ4v) is 3.26. The highest BCUT2D eigenvalue weighted by Crippen LogP contribution is 2.26. The highest BCUT2D eigenvalue weighted by molar-refractivity contribution is 5.92. The molecule has 0 amide bonds. The Morgan fingerprint density at radius 2 is 1.71 bits per heavy atom. The summed E-state index contributed by atoms with van der Waals surface area (Å²) in [5.74, 6) is 0. The molecule has 0 unspecified atom stereocenters. The van der Waals surface area contributed by atoms with E-state index in [9.17, 15) is 0 Å². The van der Waals surface area contributed by atoms with Crippen molar-refractivity contribution in [1.82, 2.24) is 4.98 Å². The van der Waals surface area contributed by atoms with Crippen LogP contribution < -0.4 is 15.1 Å². The predicted molar refractivity (Wildman–Crippen MR) is 100 cm³/mol. The Hall–Kier alpha value is -2.59. The van der Waals surface area contributed by atoms with Crippen LogP contribution in [0.1, 0.15) is 0 Å². The van der Waals surface area contributed by atoms with Gasteiger partial charge >= 0.3 is 0 Å². The van der Waals surface area contributed by atoms with Crippen molar-refractivity contribution in [3.63, 3.8) is 0 Å². The summed E-state index contributed by atoms with van der Waals surface area (Å²) in [7, 11) is 2.27. The van der Waals surface area contributed by atoms with Crippen LogP contribution in [0.2, 0.25) is 0 Å². The summed E-state index contributed by atoms with van der Waals surface area (Å²) >= 11 is 0. The van der Waals surface area contributed by atoms with Crippen molar-refractivity contribution in [2.75, 3.05) is 43.4 Å². The third kappa shape index (κ3) is 3.05. The zero-order valence-electron chi connectivity index (χ0n) is 14.0. The molecule has 1 saturated heterocycles. The average Bonchev–Trinajstić information content (AvgIpc) is 2.63. The number of nitrogens with one attached hydrogen (secondary N) is 2. The number of fused-ring (bicyclic) bond motifs is 1. The maximum atomic E-state index is 4.42. The molecule has 24 heavy (non-hydrogen) atoms. The smallest absolute Gasteiger partial charge is 0.0947 e. The molecule has 4 rings (SSSR count). The van der Waals surface area contributed by atoms with Gasteiger partial charge in [0.15, 0.2) is 0 Å². The minimum absolute atomic E-state index is 1.01. The summed E-state index contributed by atoms with van der Waals surface area (Å²) in [6.45, 7) is 4.69. The van der Waals surface area contributed by atoms with Crippen molar-refractivity contribution < 1.29 is 4.90 Å². The van der Waals surface area contributed by atoms with Crippen LogP contribution in [0.4, 0.5) is 17.1 Å². The fraction of sp³-hybridized carbons (Fsp3) is 0.250. The predicted octanol–water partition coefficient (Wildman–Crippen LogP) is 2.31. The van der Waals surface area contributed by atoms with Gasteiger partial charge in [0.1, 0.15) is 0 Å². The standard InChI is InChI=1S/C20H22N4/c1-23-12-14-24(15-13-23)17-8-6-16(7-9-17)22-20-10-11-21-19-5-3-2-4-18(19)20/h2-11H,12-15H2,1H3,(H,21,22)/p+1. The van der Waals surface area contributed by atoms with Gasteiger partial charge in [-0.15, -0.1) is 0 Å². The molecule has 2 N–H and O–H groups in total. The first-order valence-electron chi connectivity index (χ1n) is 8.57. The normalized spacial score (nSPS) is 15.6. The minimum atomic E-state index is 1.01. The van der Waals surface area contributed by atoms with Gasteiger partial charge in [0, 0.05) is 28.6 Å². The number of benzene rings is 2. The van der Waals surface area contributed by atoms with Gasteiger partial charge in [-0.25, -0.2) is 0 Å². The molecule has 1 aromatic heterocycles. The van der Waals surface area contributed by atoms with Crippen LogP contribution in [0.25, 0.3) is 10.9 Å². The molecule has 0 aliphatic carbocycles. The van der Waals surface area contributed by atoms with E-state index in [-0.39, 0.29) is 0 Å². The van der Waals surface area contributed by atoms with E-state index >= 15 is 0 Å². The van der Waals surface area contributed by atoms with Crippen LogP contribution in [0, 0.1) is 0 Å². The molecule has 0 spiro atoms. The van der Waals surface area contributed by atoms with E-state index in [0.717, 1.165) is 35.4 Å². The number of hydrogen-bond acceptors (Lipinski definition) is 3. The van der Waals surface area contributed by atoms with E-state index in [1.807, 2.05) is 30.5 Å². The van der Waals surface area contributed by atoms with Crippen molar-refractivity contribution in [2.24, 2.45) is 0 Å². The molecule has 0 radical (unpaired) electrons. The number of quaternary nitrogens is 1. The lowest BCUT2D eigenvalue weighted by Crippen LogP contribution is -3.12. The molecular weight excluding hydrogens is 296 g/mol. The van der Waals surface area contributed by atoms with Crippen LogP contribution in [-0.2, 0) is 0 Å². The van der Waals surface area contributed by atoms with Crippen LogP contribution >= 0.6 is 0 Å². The Morgan fingerprint density at radius 3 is 2.50 bits per heavy atom. The Kier molecular flexibility index (Phi) is 4.05. The SMILES string of the molecule is C[NH+]1CCN(c2ccc(Nc3ccnc4ccccc34)cc2)CC1. The minimum Gasteiger partial charge on any atom is -0.360 e. The summed E-state index contributed by atoms with van der Waals surface area (Å²) in [5, 5.41) is 4.67. The van der Waals surface area contributed by atoms with Crippen molar-refractivity contribution in [3.05, 3.63) is 60.8 Å². The van der Waals surface area contributed by atoms with E-state index in [0.29, 0.717) is 0 Å². The van der Waals surface area contributed by atoms with Crippen molar-refractivity contribution in [1.29, 1.82) is 0 Å². The number of hydrogen-bond donors (Lipinski definition) is 2. The lowest BCUT2D eigenvalue weighted by molar-refractivity contribution is -0.880. The zero-order valence-corrected chi connectivity index (χ0v) is 14.0. The number of piperazine rings is 1. The van der Waals surface area contributed by atoms with E-state index < -0.39 is 0 Å². The van der Waals surface area contributed by atoms with E-state index in [4.69, 9.17) is 0 Å². The molecule has 4 heteroatoms. The zero-order chi connectivity index (χ0) is 16.4. The quantitative estimate of drug-likeness (QED) is 0.777. The first-order valence-corrected chi connectivity index (χ1v) is 8.57. The van der Waals surface area contributed by atoms with Gasteiger partial charge in [-0.1, -0.05) is 18.2 Å². The molecule has 0 saturated carbocycles. The molecular formula is C20H23N4+. The lowest BCUT2D eigenvalue weighted by atomic mass is 10.1. The molecule has 2 heterocycles. The van der Waals surface area contributed by atoms with E-state index in [2.05, 4.69) is 52.6 Å². The van der Waals surface area contributed by atoms with Crippen molar-refractivity contribution in [2.45, 2.75) is 0 Å². The Morgan fingerprint density at radius 1 is 0.958 bits per heavy atom. The first kappa shape index (κ1) is 15.0. The van der Waals surface area contributed by atoms with Gasteiger partial charge < -0.3 is 15.1 Å². The maximum Gasteiger partial charge on any atom is 0.0947 e. The highest BCUT2D eigenvalue weighted by Gasteiger charge is 2.16. The first-order chi connectivity index (χ1) is 11.8. The van der Waals surface area contributed by atoms with Gasteiger partial charge in [-0.3, -0.25) is 4.98 Å². The van der Waals surface area contributed by atoms with E-state index in [1.165, 1.54) is 18.8 Å². The van der Waals surface area contributed by atoms with Gasteiger partial charge in [0.2, 0.25) is 0 Å². The number of anilines is 3. The van der Waals surface area contributed by atoms with Crippen LogP contribution in [0.3, 0.4) is 0 Å². The maximum absolute atomic E-state index is 4.42. The lowest BCUT2D eigenvalue weighted by Gasteiger charge is -2.31. The second kappa shape index (κ2) is 6.49. The van der Waals surface area contributed by atoms with Crippen LogP contribution in [0.15, 0.2) is 60.8 Å². The number of para-hydroxylation sites is 1.